The summed E-state index contributed by atoms with van der Waals surface area (Å²) < 4.78 is 13.9. The van der Waals surface area contributed by atoms with E-state index in [-0.39, 0.29) is 0 Å². The summed E-state index contributed by atoms with van der Waals surface area (Å²) in [6, 6.07) is 25.9. The van der Waals surface area contributed by atoms with Gasteiger partial charge in [-0.25, -0.2) is 4.85 Å². The summed E-state index contributed by atoms with van der Waals surface area (Å²) in [6.07, 6.45) is 17.8. The zero-order chi connectivity index (χ0) is 40.7. The first-order valence-electron chi connectivity index (χ1n) is 20.5. The van der Waals surface area contributed by atoms with Gasteiger partial charge in [0.05, 0.1) is 53.3 Å². The minimum Gasteiger partial charge on any atom is -0.494 e. The Morgan fingerprint density at radius 1 is 0.621 bits per heavy atom. The summed E-state index contributed by atoms with van der Waals surface area (Å²) in [6.45, 7) is 14.2. The lowest BCUT2D eigenvalue weighted by Crippen LogP contribution is -2.11. The van der Waals surface area contributed by atoms with E-state index in [9.17, 15) is 5.26 Å². The van der Waals surface area contributed by atoms with Crippen LogP contribution in [0.2, 0.25) is 0 Å². The Bertz CT molecular complexity index is 2280. The fourth-order valence-corrected chi connectivity index (χ4v) is 7.62. The minimum absolute atomic E-state index is 0.355. The highest BCUT2D eigenvalue weighted by atomic mass is 79.9. The van der Waals surface area contributed by atoms with E-state index in [4.69, 9.17) is 16.0 Å². The number of aromatic amines is 2. The van der Waals surface area contributed by atoms with Gasteiger partial charge in [0.25, 0.3) is 0 Å². The van der Waals surface area contributed by atoms with Gasteiger partial charge in [-0.05, 0) is 129 Å². The van der Waals surface area contributed by atoms with Crippen LogP contribution in [0, 0.1) is 17.9 Å². The molecule has 6 aromatic rings. The van der Waals surface area contributed by atoms with Gasteiger partial charge in [-0.2, -0.15) is 5.26 Å². The number of nitrogens with one attached hydrogen (secondary N) is 2. The van der Waals surface area contributed by atoms with Crippen molar-refractivity contribution in [2.75, 3.05) is 13.2 Å². The van der Waals surface area contributed by atoms with Crippen molar-refractivity contribution in [2.45, 2.75) is 90.9 Å². The third-order valence-corrected chi connectivity index (χ3v) is 11.2. The molecule has 4 aromatic heterocycles. The number of nitriles is 1. The number of hydrogen-bond donors (Lipinski definition) is 2. The number of hydrogen-bond acceptors (Lipinski definition) is 5. The molecule has 8 nitrogen and oxygen atoms in total. The predicted octanol–water partition coefficient (Wildman–Crippen LogP) is 12.4. The fourth-order valence-electron chi connectivity index (χ4n) is 7.15. The van der Waals surface area contributed by atoms with Gasteiger partial charge in [0, 0.05) is 32.1 Å². The van der Waals surface area contributed by atoms with Crippen molar-refractivity contribution in [2.24, 2.45) is 0 Å². The summed E-state index contributed by atoms with van der Waals surface area (Å²) in [5, 5.41) is 13.5. The molecule has 10 heteroatoms. The molecule has 0 aliphatic carbocycles. The normalized spacial score (nSPS) is 12.2. The maximum absolute atomic E-state index is 10.8. The van der Waals surface area contributed by atoms with Gasteiger partial charge in [-0.15, -0.1) is 0 Å². The van der Waals surface area contributed by atoms with E-state index in [1.165, 1.54) is 51.4 Å². The van der Waals surface area contributed by atoms with Crippen LogP contribution in [-0.4, -0.2) is 33.1 Å². The van der Waals surface area contributed by atoms with Crippen molar-refractivity contribution >= 4 is 53.9 Å². The lowest BCUT2D eigenvalue weighted by atomic mass is 10.0. The van der Waals surface area contributed by atoms with E-state index >= 15 is 0 Å². The monoisotopic (exact) mass is 900 g/mol. The van der Waals surface area contributed by atoms with Crippen molar-refractivity contribution in [1.29, 1.82) is 5.26 Å². The molecule has 2 N–H and O–H groups in total. The molecule has 0 aliphatic rings. The number of fused-ring (bicyclic) bond motifs is 1. The van der Waals surface area contributed by atoms with Gasteiger partial charge >= 0.3 is 0 Å². The quantitative estimate of drug-likeness (QED) is 0.0587. The molecule has 298 valence electrons. The summed E-state index contributed by atoms with van der Waals surface area (Å²) in [5.74, 6) is 1.59. The second kappa shape index (κ2) is 21.6. The number of pyridine rings is 2. The molecular formula is C48H50Br2N6O2. The molecule has 6 rings (SSSR count). The van der Waals surface area contributed by atoms with Crippen LogP contribution in [0.3, 0.4) is 0 Å². The van der Waals surface area contributed by atoms with Gasteiger partial charge in [0.1, 0.15) is 23.1 Å². The number of halogens is 2. The molecule has 4 heterocycles. The Hall–Kier alpha value is -5.16. The number of nitrogens with zero attached hydrogens (tertiary/aromatic N) is 4. The maximum Gasteiger partial charge on any atom is 0.235 e. The number of ether oxygens (including phenoxy) is 2. The topological polar surface area (TPSA) is 104 Å². The van der Waals surface area contributed by atoms with Crippen LogP contribution in [0.5, 0.6) is 11.5 Å². The third-order valence-electron chi connectivity index (χ3n) is 10.2. The molecule has 0 saturated carbocycles. The molecule has 0 saturated heterocycles. The second-order valence-electron chi connectivity index (χ2n) is 14.5. The van der Waals surface area contributed by atoms with Crippen LogP contribution in [0.25, 0.3) is 49.4 Å². The van der Waals surface area contributed by atoms with Crippen molar-refractivity contribution in [1.82, 2.24) is 19.9 Å². The van der Waals surface area contributed by atoms with Crippen LogP contribution in [-0.2, 0) is 0 Å². The SMILES string of the molecule is [C-]#[N+]/C(c1ccc(Br)cn1)=c1/[nH]c(-c2ccc(OCCCCCCCC)cc2)c2/c(=C(\C#N)c3ccc(Br)cn3)[nH]c(-c3ccc(OCCCCCCCC)cc3)c12. The number of H-pyrrole nitrogens is 2. The van der Waals surface area contributed by atoms with E-state index in [2.05, 4.69) is 76.6 Å². The van der Waals surface area contributed by atoms with Gasteiger partial charge in [0.2, 0.25) is 5.70 Å². The Morgan fingerprint density at radius 3 is 1.52 bits per heavy atom. The summed E-state index contributed by atoms with van der Waals surface area (Å²) >= 11 is 6.99. The lowest BCUT2D eigenvalue weighted by molar-refractivity contribution is 0.304. The Morgan fingerprint density at radius 2 is 1.07 bits per heavy atom. The average Bonchev–Trinajstić information content (AvgIpc) is 3.82. The highest BCUT2D eigenvalue weighted by Gasteiger charge is 2.23. The van der Waals surface area contributed by atoms with E-state index in [1.54, 1.807) is 12.4 Å². The van der Waals surface area contributed by atoms with Gasteiger partial charge in [-0.3, -0.25) is 9.97 Å². The van der Waals surface area contributed by atoms with Crippen molar-refractivity contribution in [3.8, 4) is 40.1 Å². The van der Waals surface area contributed by atoms with Crippen molar-refractivity contribution < 1.29 is 9.47 Å². The Balaban J connectivity index is 1.49. The maximum atomic E-state index is 10.8. The first-order chi connectivity index (χ1) is 28.4. The summed E-state index contributed by atoms with van der Waals surface area (Å²) in [5.41, 5.74) is 5.05. The molecule has 0 aliphatic heterocycles. The molecule has 0 spiro atoms. The standard InChI is InChI=1S/C48H50Br2N6O2/c1-4-6-8-10-12-14-28-57-37-22-16-33(17-23-37)44-42-43(48(56-44)47(52-3)41-27-21-36(50)32-54-41)45(55-46(42)39(30-51)40-26-20-35(49)31-53-40)34-18-24-38(25-19-34)58-29-15-13-11-9-7-5-2/h16-27,31-32,55-56H,4-15,28-29H2,1-2H3/b46-39-,48-47+. The number of benzene rings is 2. The van der Waals surface area contributed by atoms with E-state index in [1.807, 2.05) is 72.8 Å². The van der Waals surface area contributed by atoms with Crippen LogP contribution in [0.1, 0.15) is 102 Å². The number of rotatable bonds is 20. The highest BCUT2D eigenvalue weighted by molar-refractivity contribution is 9.10. The van der Waals surface area contributed by atoms with Crippen molar-refractivity contribution in [3.05, 3.63) is 128 Å². The molecule has 0 radical (unpaired) electrons. The van der Waals surface area contributed by atoms with Crippen LogP contribution in [0.15, 0.2) is 94.1 Å². The average molecular weight is 903 g/mol. The molecular weight excluding hydrogens is 852 g/mol. The van der Waals surface area contributed by atoms with E-state index in [0.29, 0.717) is 46.6 Å². The predicted molar refractivity (Wildman–Crippen MR) is 242 cm³/mol. The van der Waals surface area contributed by atoms with Gasteiger partial charge < -0.3 is 19.4 Å². The fraction of sp³-hybridized carbons (Fsp3) is 0.333. The molecule has 2 aromatic carbocycles. The number of aromatic nitrogens is 4. The Labute approximate surface area is 358 Å². The Kier molecular flexibility index (Phi) is 15.8. The summed E-state index contributed by atoms with van der Waals surface area (Å²) in [4.78, 5) is 20.6. The molecule has 0 atom stereocenters. The smallest absolute Gasteiger partial charge is 0.235 e. The van der Waals surface area contributed by atoms with Gasteiger partial charge in [0.15, 0.2) is 0 Å². The molecule has 0 fully saturated rings. The minimum atomic E-state index is 0.355. The first-order valence-corrected chi connectivity index (χ1v) is 22.0. The molecule has 0 bridgehead atoms. The highest BCUT2D eigenvalue weighted by Crippen LogP contribution is 2.33. The van der Waals surface area contributed by atoms with E-state index < -0.39 is 0 Å². The first kappa shape index (κ1) is 42.4. The molecule has 0 unspecified atom stereocenters. The summed E-state index contributed by atoms with van der Waals surface area (Å²) in [7, 11) is 0. The van der Waals surface area contributed by atoms with Crippen molar-refractivity contribution in [3.63, 3.8) is 0 Å². The van der Waals surface area contributed by atoms with E-state index in [0.717, 1.165) is 79.4 Å². The van der Waals surface area contributed by atoms with Crippen LogP contribution < -0.4 is 20.2 Å². The zero-order valence-electron chi connectivity index (χ0n) is 33.3. The zero-order valence-corrected chi connectivity index (χ0v) is 36.5. The lowest BCUT2D eigenvalue weighted by Gasteiger charge is -2.08. The van der Waals surface area contributed by atoms with Crippen LogP contribution in [0.4, 0.5) is 0 Å². The van der Waals surface area contributed by atoms with Gasteiger partial charge in [-0.1, -0.05) is 78.1 Å². The number of unbranched alkanes of at least 4 members (excludes halogenated alkanes) is 10. The second-order valence-corrected chi connectivity index (χ2v) is 16.3. The third kappa shape index (κ3) is 10.7. The van der Waals surface area contributed by atoms with Crippen LogP contribution >= 0.6 is 31.9 Å². The molecule has 0 amide bonds. The largest absolute Gasteiger partial charge is 0.494 e. The molecule has 58 heavy (non-hydrogen) atoms.